The van der Waals surface area contributed by atoms with Crippen LogP contribution in [-0.4, -0.2) is 36.5 Å². The molecule has 1 aliphatic rings. The van der Waals surface area contributed by atoms with Crippen molar-refractivity contribution in [3.05, 3.63) is 23.3 Å². The molecule has 0 unspecified atom stereocenters. The van der Waals surface area contributed by atoms with Gasteiger partial charge in [0.15, 0.2) is 0 Å². The number of rotatable bonds is 3. The smallest absolute Gasteiger partial charge is 0.0406 e. The lowest BCUT2D eigenvalue weighted by atomic mass is 10.1. The molecule has 0 spiro atoms. The van der Waals surface area contributed by atoms with E-state index in [1.165, 1.54) is 37.0 Å². The van der Waals surface area contributed by atoms with Gasteiger partial charge in [-0.05, 0) is 57.6 Å². The summed E-state index contributed by atoms with van der Waals surface area (Å²) in [5.74, 6) is 0. The second-order valence-corrected chi connectivity index (χ2v) is 6.30. The Balaban J connectivity index is 2.12. The maximum absolute atomic E-state index is 7.45. The lowest BCUT2D eigenvalue weighted by Gasteiger charge is -2.29. The molecule has 1 aromatic carbocycles. The van der Waals surface area contributed by atoms with Crippen LogP contribution in [0.4, 0.5) is 5.69 Å². The van der Waals surface area contributed by atoms with Crippen LogP contribution in [0.3, 0.4) is 0 Å². The van der Waals surface area contributed by atoms with Gasteiger partial charge in [0.1, 0.15) is 0 Å². The normalized spacial score (nSPS) is 17.9. The molecule has 4 heteroatoms. The highest BCUT2D eigenvalue weighted by Crippen LogP contribution is 2.34. The molecule has 1 aliphatic heterocycles. The Labute approximate surface area is 113 Å². The summed E-state index contributed by atoms with van der Waals surface area (Å²) in [7, 11) is 2.18. The van der Waals surface area contributed by atoms with E-state index < -0.39 is 0 Å². The average Bonchev–Trinajstić information content (AvgIpc) is 2.36. The van der Waals surface area contributed by atoms with Gasteiger partial charge in [0, 0.05) is 27.6 Å². The highest BCUT2D eigenvalue weighted by atomic mass is 32.2. The molecule has 3 nitrogen and oxygen atoms in total. The van der Waals surface area contributed by atoms with Crippen molar-refractivity contribution in [2.24, 2.45) is 0 Å². The predicted octanol–water partition coefficient (Wildman–Crippen LogP) is 2.76. The minimum Gasteiger partial charge on any atom is -0.398 e. The van der Waals surface area contributed by atoms with Gasteiger partial charge in [-0.2, -0.15) is 0 Å². The summed E-state index contributed by atoms with van der Waals surface area (Å²) in [6, 6.07) is 4.02. The first-order chi connectivity index (χ1) is 8.61. The van der Waals surface area contributed by atoms with Crippen LogP contribution < -0.4 is 5.73 Å². The van der Waals surface area contributed by atoms with Gasteiger partial charge in [0.05, 0.1) is 0 Å². The van der Waals surface area contributed by atoms with Crippen LogP contribution >= 0.6 is 11.8 Å². The fraction of sp³-hybridized carbons (Fsp3) is 0.500. The number of nitrogens with one attached hydrogen (secondary N) is 1. The summed E-state index contributed by atoms with van der Waals surface area (Å²) < 4.78 is 0. The molecule has 0 atom stereocenters. The Morgan fingerprint density at radius 3 is 2.67 bits per heavy atom. The van der Waals surface area contributed by atoms with Crippen LogP contribution in [0.25, 0.3) is 0 Å². The quantitative estimate of drug-likeness (QED) is 0.651. The van der Waals surface area contributed by atoms with E-state index in [-0.39, 0.29) is 0 Å². The number of benzene rings is 1. The van der Waals surface area contributed by atoms with Crippen molar-refractivity contribution in [1.82, 2.24) is 4.90 Å². The van der Waals surface area contributed by atoms with Gasteiger partial charge >= 0.3 is 0 Å². The minimum atomic E-state index is 0.696. The molecule has 1 aromatic rings. The molecule has 0 amide bonds. The third-order valence-corrected chi connectivity index (χ3v) is 5.10. The summed E-state index contributed by atoms with van der Waals surface area (Å²) in [6.07, 6.45) is 3.85. The molecule has 18 heavy (non-hydrogen) atoms. The molecule has 0 bridgehead atoms. The van der Waals surface area contributed by atoms with E-state index in [9.17, 15) is 0 Å². The van der Waals surface area contributed by atoms with Crippen molar-refractivity contribution >= 4 is 23.7 Å². The number of anilines is 1. The van der Waals surface area contributed by atoms with Crippen LogP contribution in [-0.2, 0) is 0 Å². The van der Waals surface area contributed by atoms with Crippen molar-refractivity contribution in [3.63, 3.8) is 0 Å². The zero-order valence-electron chi connectivity index (χ0n) is 11.1. The first kappa shape index (κ1) is 13.4. The first-order valence-electron chi connectivity index (χ1n) is 6.36. The van der Waals surface area contributed by atoms with E-state index in [0.29, 0.717) is 10.9 Å². The van der Waals surface area contributed by atoms with Gasteiger partial charge in [-0.1, -0.05) is 0 Å². The first-order valence-corrected chi connectivity index (χ1v) is 7.24. The molecule has 0 radical (unpaired) electrons. The fourth-order valence-corrected chi connectivity index (χ4v) is 3.57. The number of nitrogen functional groups attached to an aromatic ring is 1. The summed E-state index contributed by atoms with van der Waals surface area (Å²) in [4.78, 5) is 3.66. The van der Waals surface area contributed by atoms with Crippen LogP contribution in [0.15, 0.2) is 17.0 Å². The van der Waals surface area contributed by atoms with E-state index in [2.05, 4.69) is 24.9 Å². The molecule has 0 aliphatic carbocycles. The number of thioether (sulfide) groups is 1. The Bertz CT molecular complexity index is 437. The van der Waals surface area contributed by atoms with E-state index in [0.717, 1.165) is 11.1 Å². The highest BCUT2D eigenvalue weighted by molar-refractivity contribution is 8.00. The third kappa shape index (κ3) is 2.87. The Hall–Kier alpha value is -1.00. The van der Waals surface area contributed by atoms with E-state index >= 15 is 0 Å². The summed E-state index contributed by atoms with van der Waals surface area (Å²) >= 11 is 1.95. The van der Waals surface area contributed by atoms with Gasteiger partial charge in [-0.15, -0.1) is 11.8 Å². The number of hydrogen-bond acceptors (Lipinski definition) is 4. The van der Waals surface area contributed by atoms with Gasteiger partial charge in [-0.3, -0.25) is 0 Å². The van der Waals surface area contributed by atoms with E-state index in [1.54, 1.807) is 0 Å². The zero-order chi connectivity index (χ0) is 13.1. The largest absolute Gasteiger partial charge is 0.398 e. The molecule has 3 N–H and O–H groups in total. The van der Waals surface area contributed by atoms with Crippen LogP contribution in [0.5, 0.6) is 0 Å². The van der Waals surface area contributed by atoms with Crippen LogP contribution in [0.1, 0.15) is 24.0 Å². The predicted molar refractivity (Wildman–Crippen MR) is 79.9 cm³/mol. The van der Waals surface area contributed by atoms with Crippen molar-refractivity contribution in [1.29, 1.82) is 5.41 Å². The second-order valence-electron chi connectivity index (χ2n) is 4.96. The summed E-state index contributed by atoms with van der Waals surface area (Å²) in [5.41, 5.74) is 8.60. The van der Waals surface area contributed by atoms with Crippen molar-refractivity contribution in [3.8, 4) is 0 Å². The maximum Gasteiger partial charge on any atom is 0.0406 e. The van der Waals surface area contributed by atoms with Gasteiger partial charge in [0.25, 0.3) is 0 Å². The third-order valence-electron chi connectivity index (χ3n) is 3.60. The number of nitrogens with zero attached hydrogens (tertiary/aromatic N) is 1. The molecule has 2 rings (SSSR count). The van der Waals surface area contributed by atoms with Crippen molar-refractivity contribution < 1.29 is 0 Å². The van der Waals surface area contributed by atoms with E-state index in [4.69, 9.17) is 11.1 Å². The monoisotopic (exact) mass is 263 g/mol. The van der Waals surface area contributed by atoms with Gasteiger partial charge in [-0.25, -0.2) is 0 Å². The number of hydrogen-bond donors (Lipinski definition) is 2. The number of piperidine rings is 1. The number of likely N-dealkylation sites (tertiary alicyclic amines) is 1. The van der Waals surface area contributed by atoms with E-state index in [1.807, 2.05) is 17.8 Å². The number of nitrogens with two attached hydrogens (primary N) is 1. The Morgan fingerprint density at radius 2 is 2.06 bits per heavy atom. The standard InChI is InChI=1S/C14H21N3S/c1-10-12(9-15)13(16)3-4-14(10)18-11-5-7-17(2)8-6-11/h3-4,9,11,15H,5-8,16H2,1-2H3. The molecule has 98 valence electrons. The lowest BCUT2D eigenvalue weighted by molar-refractivity contribution is 0.282. The summed E-state index contributed by atoms with van der Waals surface area (Å²) in [6.45, 7) is 4.43. The highest BCUT2D eigenvalue weighted by Gasteiger charge is 2.19. The van der Waals surface area contributed by atoms with Gasteiger partial charge in [0.2, 0.25) is 0 Å². The maximum atomic E-state index is 7.45. The Kier molecular flexibility index (Phi) is 4.30. The van der Waals surface area contributed by atoms with Crippen molar-refractivity contribution in [2.75, 3.05) is 25.9 Å². The molecule has 0 aromatic heterocycles. The fourth-order valence-electron chi connectivity index (χ4n) is 2.33. The molecule has 1 saturated heterocycles. The molecule has 0 saturated carbocycles. The summed E-state index contributed by atoms with van der Waals surface area (Å²) in [5, 5.41) is 8.14. The minimum absolute atomic E-state index is 0.696. The molecule has 1 fully saturated rings. The van der Waals surface area contributed by atoms with Crippen LogP contribution in [0, 0.1) is 12.3 Å². The molecule has 1 heterocycles. The lowest BCUT2D eigenvalue weighted by Crippen LogP contribution is -2.31. The van der Waals surface area contributed by atoms with Gasteiger partial charge < -0.3 is 16.0 Å². The molecular formula is C14H21N3S. The second kappa shape index (κ2) is 5.76. The Morgan fingerprint density at radius 1 is 1.39 bits per heavy atom. The molecular weight excluding hydrogens is 242 g/mol. The van der Waals surface area contributed by atoms with Crippen molar-refractivity contribution in [2.45, 2.75) is 29.9 Å². The topological polar surface area (TPSA) is 53.1 Å². The zero-order valence-corrected chi connectivity index (χ0v) is 11.9. The SMILES string of the molecule is Cc1c(SC2CCN(C)CC2)ccc(N)c1C=N. The van der Waals surface area contributed by atoms with Crippen LogP contribution in [0.2, 0.25) is 0 Å². The average molecular weight is 263 g/mol.